The topological polar surface area (TPSA) is 70.2 Å². The Morgan fingerprint density at radius 3 is 2.62 bits per heavy atom. The van der Waals surface area contributed by atoms with Gasteiger partial charge in [-0.05, 0) is 49.1 Å². The van der Waals surface area contributed by atoms with Gasteiger partial charge >= 0.3 is 6.03 Å². The average Bonchev–Trinajstić information content (AvgIpc) is 2.68. The predicted octanol–water partition coefficient (Wildman–Crippen LogP) is 3.61. The van der Waals surface area contributed by atoms with Gasteiger partial charge in [0.2, 0.25) is 0 Å². The highest BCUT2D eigenvalue weighted by molar-refractivity contribution is 5.89. The van der Waals surface area contributed by atoms with Crippen LogP contribution in [0, 0.1) is 0 Å². The van der Waals surface area contributed by atoms with Gasteiger partial charge in [-0.3, -0.25) is 4.98 Å². The summed E-state index contributed by atoms with van der Waals surface area (Å²) < 4.78 is 0. The van der Waals surface area contributed by atoms with Crippen molar-refractivity contribution in [3.63, 3.8) is 0 Å². The summed E-state index contributed by atoms with van der Waals surface area (Å²) in [5, 5.41) is 5.93. The fraction of sp³-hybridized carbons (Fsp3) is 0.450. The Bertz CT molecular complexity index is 683. The van der Waals surface area contributed by atoms with E-state index in [0.29, 0.717) is 11.7 Å². The maximum atomic E-state index is 12.1. The fourth-order valence-electron chi connectivity index (χ4n) is 3.25. The molecule has 2 aromatic heterocycles. The molecular weight excluding hydrogens is 326 g/mol. The third kappa shape index (κ3) is 5.44. The molecule has 2 N–H and O–H groups in total. The molecule has 0 radical (unpaired) electrons. The second-order valence-corrected chi connectivity index (χ2v) is 6.87. The Labute approximate surface area is 155 Å². The lowest BCUT2D eigenvalue weighted by atomic mass is 9.96. The lowest BCUT2D eigenvalue weighted by Gasteiger charge is -2.23. The van der Waals surface area contributed by atoms with E-state index in [0.717, 1.165) is 31.6 Å². The molecule has 0 aromatic carbocycles. The summed E-state index contributed by atoms with van der Waals surface area (Å²) in [4.78, 5) is 22.7. The highest BCUT2D eigenvalue weighted by atomic mass is 16.2. The summed E-state index contributed by atoms with van der Waals surface area (Å²) in [5.41, 5.74) is 1.97. The number of pyridine rings is 2. The molecule has 6 heteroatoms. The molecule has 6 nitrogen and oxygen atoms in total. The van der Waals surface area contributed by atoms with Gasteiger partial charge in [-0.25, -0.2) is 9.78 Å². The smallest absolute Gasteiger partial charge is 0.319 e. The zero-order chi connectivity index (χ0) is 18.2. The number of hydrogen-bond donors (Lipinski definition) is 2. The van der Waals surface area contributed by atoms with Crippen LogP contribution in [0.3, 0.4) is 0 Å². The van der Waals surface area contributed by atoms with Crippen LogP contribution >= 0.6 is 0 Å². The molecule has 26 heavy (non-hydrogen) atoms. The van der Waals surface area contributed by atoms with Crippen molar-refractivity contribution in [2.24, 2.45) is 0 Å². The molecular formula is C20H27N5O. The molecule has 0 saturated heterocycles. The first-order valence-corrected chi connectivity index (χ1v) is 9.34. The van der Waals surface area contributed by atoms with E-state index in [2.05, 4.69) is 25.5 Å². The molecule has 2 amide bonds. The molecule has 2 heterocycles. The van der Waals surface area contributed by atoms with Gasteiger partial charge in [0.1, 0.15) is 5.82 Å². The first-order chi connectivity index (χ1) is 12.7. The van der Waals surface area contributed by atoms with E-state index in [1.165, 1.54) is 24.8 Å². The summed E-state index contributed by atoms with van der Waals surface area (Å²) >= 11 is 0. The van der Waals surface area contributed by atoms with Crippen molar-refractivity contribution in [3.8, 4) is 0 Å². The number of aromatic nitrogens is 2. The van der Waals surface area contributed by atoms with Gasteiger partial charge in [0.25, 0.3) is 0 Å². The zero-order valence-corrected chi connectivity index (χ0v) is 15.3. The molecule has 138 valence electrons. The van der Waals surface area contributed by atoms with Crippen molar-refractivity contribution >= 4 is 17.5 Å². The van der Waals surface area contributed by atoms with Crippen LogP contribution in [0.2, 0.25) is 0 Å². The van der Waals surface area contributed by atoms with Crippen LogP contribution in [0.1, 0.15) is 37.7 Å². The summed E-state index contributed by atoms with van der Waals surface area (Å²) in [6.07, 6.45) is 12.1. The van der Waals surface area contributed by atoms with E-state index in [-0.39, 0.29) is 6.03 Å². The van der Waals surface area contributed by atoms with E-state index in [9.17, 15) is 4.79 Å². The minimum absolute atomic E-state index is 0.141. The molecule has 0 atom stereocenters. The van der Waals surface area contributed by atoms with Gasteiger partial charge < -0.3 is 15.5 Å². The van der Waals surface area contributed by atoms with E-state index >= 15 is 0 Å². The van der Waals surface area contributed by atoms with Gasteiger partial charge in [-0.2, -0.15) is 0 Å². The van der Waals surface area contributed by atoms with Crippen molar-refractivity contribution < 1.29 is 4.79 Å². The van der Waals surface area contributed by atoms with E-state index in [1.807, 2.05) is 43.7 Å². The van der Waals surface area contributed by atoms with Crippen LogP contribution in [-0.4, -0.2) is 35.6 Å². The molecule has 0 bridgehead atoms. The third-order valence-corrected chi connectivity index (χ3v) is 4.82. The first kappa shape index (κ1) is 18.2. The second-order valence-electron chi connectivity index (χ2n) is 6.87. The predicted molar refractivity (Wildman–Crippen MR) is 104 cm³/mol. The van der Waals surface area contributed by atoms with Crippen LogP contribution in [-0.2, 0) is 6.42 Å². The standard InChI is InChI=1S/C20H27N5O/c1-25(14-11-16-9-12-21-13-10-16)19-8-7-18(15-22-19)24-20(26)23-17-5-3-2-4-6-17/h7-10,12-13,15,17H,2-6,11,14H2,1H3,(H2,23,24,26). The summed E-state index contributed by atoms with van der Waals surface area (Å²) in [6.45, 7) is 0.867. The van der Waals surface area contributed by atoms with Gasteiger partial charge in [-0.1, -0.05) is 19.3 Å². The van der Waals surface area contributed by atoms with Crippen molar-refractivity contribution in [3.05, 3.63) is 48.4 Å². The minimum atomic E-state index is -0.141. The lowest BCUT2D eigenvalue weighted by molar-refractivity contribution is 0.244. The van der Waals surface area contributed by atoms with Crippen molar-refractivity contribution in [1.29, 1.82) is 0 Å². The Morgan fingerprint density at radius 2 is 1.92 bits per heavy atom. The second kappa shape index (κ2) is 9.17. The largest absolute Gasteiger partial charge is 0.359 e. The van der Waals surface area contributed by atoms with E-state index < -0.39 is 0 Å². The number of urea groups is 1. The molecule has 0 spiro atoms. The summed E-state index contributed by atoms with van der Waals surface area (Å²) in [7, 11) is 2.02. The highest BCUT2D eigenvalue weighted by Gasteiger charge is 2.15. The zero-order valence-electron chi connectivity index (χ0n) is 15.3. The number of nitrogens with one attached hydrogen (secondary N) is 2. The van der Waals surface area contributed by atoms with Gasteiger partial charge in [0.05, 0.1) is 11.9 Å². The molecule has 3 rings (SSSR count). The fourth-order valence-corrected chi connectivity index (χ4v) is 3.25. The number of carbonyl (C=O) groups is 1. The van der Waals surface area contributed by atoms with Crippen LogP contribution in [0.25, 0.3) is 0 Å². The number of likely N-dealkylation sites (N-methyl/N-ethyl adjacent to an activating group) is 1. The number of carbonyl (C=O) groups excluding carboxylic acids is 1. The van der Waals surface area contributed by atoms with Gasteiger partial charge in [0.15, 0.2) is 0 Å². The number of rotatable bonds is 6. The molecule has 1 fully saturated rings. The van der Waals surface area contributed by atoms with Crippen molar-refractivity contribution in [2.75, 3.05) is 23.8 Å². The van der Waals surface area contributed by atoms with Crippen LogP contribution in [0.15, 0.2) is 42.9 Å². The van der Waals surface area contributed by atoms with Crippen LogP contribution in [0.5, 0.6) is 0 Å². The maximum Gasteiger partial charge on any atom is 0.319 e. The monoisotopic (exact) mass is 353 g/mol. The Hall–Kier alpha value is -2.63. The third-order valence-electron chi connectivity index (χ3n) is 4.82. The molecule has 1 saturated carbocycles. The molecule has 0 aliphatic heterocycles. The molecule has 2 aromatic rings. The summed E-state index contributed by atoms with van der Waals surface area (Å²) in [5.74, 6) is 0.886. The van der Waals surface area contributed by atoms with Crippen LogP contribution in [0.4, 0.5) is 16.3 Å². The van der Waals surface area contributed by atoms with Crippen molar-refractivity contribution in [1.82, 2.24) is 15.3 Å². The van der Waals surface area contributed by atoms with Gasteiger partial charge in [0, 0.05) is 32.0 Å². The molecule has 1 aliphatic rings. The Morgan fingerprint density at radius 1 is 1.15 bits per heavy atom. The minimum Gasteiger partial charge on any atom is -0.359 e. The average molecular weight is 353 g/mol. The number of amides is 2. The number of hydrogen-bond acceptors (Lipinski definition) is 4. The maximum absolute atomic E-state index is 12.1. The van der Waals surface area contributed by atoms with Crippen LogP contribution < -0.4 is 15.5 Å². The lowest BCUT2D eigenvalue weighted by Crippen LogP contribution is -2.39. The molecule has 0 unspecified atom stereocenters. The normalized spacial score (nSPS) is 14.7. The quantitative estimate of drug-likeness (QED) is 0.832. The first-order valence-electron chi connectivity index (χ1n) is 9.34. The number of anilines is 2. The van der Waals surface area contributed by atoms with Gasteiger partial charge in [-0.15, -0.1) is 0 Å². The summed E-state index contributed by atoms with van der Waals surface area (Å²) in [6, 6.07) is 8.04. The highest BCUT2D eigenvalue weighted by Crippen LogP contribution is 2.18. The number of nitrogens with zero attached hydrogens (tertiary/aromatic N) is 3. The molecule has 1 aliphatic carbocycles. The Balaban J connectivity index is 1.47. The Kier molecular flexibility index (Phi) is 6.41. The van der Waals surface area contributed by atoms with Crippen molar-refractivity contribution in [2.45, 2.75) is 44.6 Å². The van der Waals surface area contributed by atoms with E-state index in [1.54, 1.807) is 6.20 Å². The SMILES string of the molecule is CN(CCc1ccncc1)c1ccc(NC(=O)NC2CCCCC2)cn1. The van der Waals surface area contributed by atoms with E-state index in [4.69, 9.17) is 0 Å².